The van der Waals surface area contributed by atoms with Gasteiger partial charge in [0.05, 0.1) is 6.54 Å². The number of nitrogens with zero attached hydrogens (tertiary/aromatic N) is 3. The van der Waals surface area contributed by atoms with Crippen LogP contribution in [-0.2, 0) is 0 Å². The molecule has 0 aromatic carbocycles. The Morgan fingerprint density at radius 3 is 2.28 bits per heavy atom. The third kappa shape index (κ3) is 13.9. The molecule has 0 bridgehead atoms. The van der Waals surface area contributed by atoms with Gasteiger partial charge in [-0.3, -0.25) is 9.89 Å². The van der Waals surface area contributed by atoms with Crippen molar-refractivity contribution >= 4 is 5.96 Å². The van der Waals surface area contributed by atoms with Crippen molar-refractivity contribution in [3.8, 4) is 0 Å². The smallest absolute Gasteiger partial charge is 0.356 e. The van der Waals surface area contributed by atoms with Gasteiger partial charge in [-0.1, -0.05) is 13.8 Å². The Labute approximate surface area is 151 Å². The molecule has 8 heteroatoms. The second-order valence-corrected chi connectivity index (χ2v) is 6.42. The Hall–Kier alpha value is -1.02. The highest BCUT2D eigenvalue weighted by Gasteiger charge is 2.28. The summed E-state index contributed by atoms with van der Waals surface area (Å²) in [7, 11) is 3.19. The van der Waals surface area contributed by atoms with E-state index >= 15 is 0 Å². The lowest BCUT2D eigenvalue weighted by Crippen LogP contribution is -2.43. The highest BCUT2D eigenvalue weighted by Crippen LogP contribution is 2.15. The quantitative estimate of drug-likeness (QED) is 0.316. The van der Waals surface area contributed by atoms with E-state index in [0.717, 1.165) is 32.5 Å². The van der Waals surface area contributed by atoms with Gasteiger partial charge in [0.15, 0.2) is 5.96 Å². The molecule has 0 aliphatic rings. The van der Waals surface area contributed by atoms with Gasteiger partial charge in [0.1, 0.15) is 0 Å². The summed E-state index contributed by atoms with van der Waals surface area (Å²) in [6.45, 7) is 9.81. The summed E-state index contributed by atoms with van der Waals surface area (Å²) in [5, 5.41) is 6.49. The minimum absolute atomic E-state index is 0.301. The molecule has 0 aromatic rings. The molecule has 1 atom stereocenters. The molecule has 0 aliphatic carbocycles. The maximum Gasteiger partial charge on any atom is 0.401 e. The lowest BCUT2D eigenvalue weighted by atomic mass is 10.2. The van der Waals surface area contributed by atoms with E-state index in [1.165, 1.54) is 11.9 Å². The van der Waals surface area contributed by atoms with Crippen molar-refractivity contribution in [3.63, 3.8) is 0 Å². The van der Waals surface area contributed by atoms with Crippen LogP contribution < -0.4 is 10.6 Å². The minimum Gasteiger partial charge on any atom is -0.356 e. The largest absolute Gasteiger partial charge is 0.401 e. The van der Waals surface area contributed by atoms with Crippen molar-refractivity contribution in [2.45, 2.75) is 52.3 Å². The van der Waals surface area contributed by atoms with Crippen LogP contribution in [0.25, 0.3) is 0 Å². The molecule has 0 aliphatic heterocycles. The average molecular weight is 368 g/mol. The number of hydrogen-bond acceptors (Lipinski definition) is 3. The lowest BCUT2D eigenvalue weighted by molar-refractivity contribution is -0.143. The zero-order chi connectivity index (χ0) is 19.3. The Bertz CT molecular complexity index is 357. The van der Waals surface area contributed by atoms with Crippen molar-refractivity contribution in [3.05, 3.63) is 0 Å². The number of nitrogens with one attached hydrogen (secondary N) is 2. The topological polar surface area (TPSA) is 42.9 Å². The van der Waals surface area contributed by atoms with Gasteiger partial charge in [0, 0.05) is 19.6 Å². The first-order chi connectivity index (χ1) is 11.7. The van der Waals surface area contributed by atoms with Crippen LogP contribution in [0.2, 0.25) is 0 Å². The van der Waals surface area contributed by atoms with E-state index in [2.05, 4.69) is 41.3 Å². The fourth-order valence-corrected chi connectivity index (χ4v) is 2.60. The third-order valence-corrected chi connectivity index (χ3v) is 4.07. The highest BCUT2D eigenvalue weighted by molar-refractivity contribution is 5.79. The SMILES string of the molecule is CCN(CC)CCCC(C)NC(=NC)NCCCN(C)CC(F)(F)F. The summed E-state index contributed by atoms with van der Waals surface area (Å²) >= 11 is 0. The van der Waals surface area contributed by atoms with Crippen LogP contribution in [0, 0.1) is 0 Å². The molecule has 150 valence electrons. The van der Waals surface area contributed by atoms with Gasteiger partial charge in [-0.05, 0) is 59.4 Å². The van der Waals surface area contributed by atoms with E-state index in [1.54, 1.807) is 7.05 Å². The molecule has 0 heterocycles. The van der Waals surface area contributed by atoms with Gasteiger partial charge >= 0.3 is 6.18 Å². The van der Waals surface area contributed by atoms with Gasteiger partial charge in [-0.25, -0.2) is 0 Å². The molecule has 0 radical (unpaired) electrons. The van der Waals surface area contributed by atoms with Crippen LogP contribution in [0.4, 0.5) is 13.2 Å². The van der Waals surface area contributed by atoms with Gasteiger partial charge in [-0.2, -0.15) is 13.2 Å². The second kappa shape index (κ2) is 13.2. The predicted octanol–water partition coefficient (Wildman–Crippen LogP) is 2.55. The number of alkyl halides is 3. The van der Waals surface area contributed by atoms with Gasteiger partial charge in [-0.15, -0.1) is 0 Å². The molecule has 5 nitrogen and oxygen atoms in total. The third-order valence-electron chi connectivity index (χ3n) is 4.07. The first-order valence-corrected chi connectivity index (χ1v) is 9.16. The first-order valence-electron chi connectivity index (χ1n) is 9.16. The Morgan fingerprint density at radius 1 is 1.12 bits per heavy atom. The van der Waals surface area contributed by atoms with E-state index in [9.17, 15) is 13.2 Å². The van der Waals surface area contributed by atoms with E-state index in [4.69, 9.17) is 0 Å². The molecular formula is C17H36F3N5. The highest BCUT2D eigenvalue weighted by atomic mass is 19.4. The second-order valence-electron chi connectivity index (χ2n) is 6.42. The number of halogens is 3. The van der Waals surface area contributed by atoms with Crippen LogP contribution in [0.1, 0.15) is 40.0 Å². The van der Waals surface area contributed by atoms with E-state index in [-0.39, 0.29) is 0 Å². The average Bonchev–Trinajstić information content (AvgIpc) is 2.52. The standard InChI is InChI=1S/C17H36F3N5/c1-6-25(7-2)13-8-10-15(3)23-16(21-4)22-11-9-12-24(5)14-17(18,19)20/h15H,6-14H2,1-5H3,(H2,21,22,23). The molecule has 0 aromatic heterocycles. The normalized spacial score (nSPS) is 14.2. The molecule has 0 amide bonds. The van der Waals surface area contributed by atoms with Gasteiger partial charge in [0.2, 0.25) is 0 Å². The fraction of sp³-hybridized carbons (Fsp3) is 0.941. The summed E-state index contributed by atoms with van der Waals surface area (Å²) < 4.78 is 36.7. The molecule has 0 saturated carbocycles. The molecule has 0 saturated heterocycles. The number of guanidine groups is 1. The van der Waals surface area contributed by atoms with Crippen LogP contribution in [0.5, 0.6) is 0 Å². The maximum absolute atomic E-state index is 12.2. The number of rotatable bonds is 12. The summed E-state index contributed by atoms with van der Waals surface area (Å²) in [6, 6.07) is 0.301. The van der Waals surface area contributed by atoms with Crippen LogP contribution in [0.15, 0.2) is 4.99 Å². The summed E-state index contributed by atoms with van der Waals surface area (Å²) in [5.74, 6) is 0.703. The van der Waals surface area contributed by atoms with Crippen molar-refractivity contribution in [2.24, 2.45) is 4.99 Å². The zero-order valence-electron chi connectivity index (χ0n) is 16.4. The molecule has 25 heavy (non-hydrogen) atoms. The molecular weight excluding hydrogens is 331 g/mol. The van der Waals surface area contributed by atoms with Crippen molar-refractivity contribution in [2.75, 3.05) is 53.4 Å². The fourth-order valence-electron chi connectivity index (χ4n) is 2.60. The molecule has 0 rings (SSSR count). The van der Waals surface area contributed by atoms with Crippen molar-refractivity contribution in [1.82, 2.24) is 20.4 Å². The Kier molecular flexibility index (Phi) is 12.7. The summed E-state index contributed by atoms with van der Waals surface area (Å²) in [4.78, 5) is 7.86. The number of hydrogen-bond donors (Lipinski definition) is 2. The maximum atomic E-state index is 12.2. The van der Waals surface area contributed by atoms with Crippen molar-refractivity contribution < 1.29 is 13.2 Å². The number of aliphatic imine (C=N–C) groups is 1. The van der Waals surface area contributed by atoms with Crippen LogP contribution >= 0.6 is 0 Å². The molecule has 0 spiro atoms. The first kappa shape index (κ1) is 24.0. The lowest BCUT2D eigenvalue weighted by Gasteiger charge is -2.22. The Morgan fingerprint density at radius 2 is 1.76 bits per heavy atom. The van der Waals surface area contributed by atoms with E-state index in [0.29, 0.717) is 31.5 Å². The molecule has 2 N–H and O–H groups in total. The van der Waals surface area contributed by atoms with Gasteiger partial charge in [0.25, 0.3) is 0 Å². The van der Waals surface area contributed by atoms with Crippen molar-refractivity contribution in [1.29, 1.82) is 0 Å². The zero-order valence-corrected chi connectivity index (χ0v) is 16.4. The summed E-state index contributed by atoms with van der Waals surface area (Å²) in [5.41, 5.74) is 0. The molecule has 1 unspecified atom stereocenters. The predicted molar refractivity (Wildman–Crippen MR) is 99.2 cm³/mol. The van der Waals surface area contributed by atoms with Crippen LogP contribution in [0.3, 0.4) is 0 Å². The van der Waals surface area contributed by atoms with Crippen LogP contribution in [-0.4, -0.2) is 81.3 Å². The van der Waals surface area contributed by atoms with E-state index in [1.807, 2.05) is 0 Å². The monoisotopic (exact) mass is 367 g/mol. The summed E-state index contributed by atoms with van der Waals surface area (Å²) in [6.07, 6.45) is -1.34. The minimum atomic E-state index is -4.14. The van der Waals surface area contributed by atoms with Gasteiger partial charge < -0.3 is 15.5 Å². The molecule has 0 fully saturated rings. The Balaban J connectivity index is 3.91. The van der Waals surface area contributed by atoms with E-state index < -0.39 is 12.7 Å².